The number of anilines is 2. The van der Waals surface area contributed by atoms with E-state index in [1.165, 1.54) is 0 Å². The van der Waals surface area contributed by atoms with Gasteiger partial charge in [0.05, 0.1) is 23.5 Å². The highest BCUT2D eigenvalue weighted by atomic mass is 32.1. The fourth-order valence-electron chi connectivity index (χ4n) is 4.23. The Balaban J connectivity index is 1.37. The van der Waals surface area contributed by atoms with E-state index in [1.807, 2.05) is 30.5 Å². The molecule has 0 atom stereocenters. The number of hydrogen-bond acceptors (Lipinski definition) is 7. The Morgan fingerprint density at radius 2 is 2.03 bits per heavy atom. The summed E-state index contributed by atoms with van der Waals surface area (Å²) < 4.78 is 0. The second-order valence-corrected chi connectivity index (χ2v) is 9.59. The molecule has 0 radical (unpaired) electrons. The minimum Gasteiger partial charge on any atom is -0.361 e. The lowest BCUT2D eigenvalue weighted by molar-refractivity contribution is 0.148. The third-order valence-electron chi connectivity index (χ3n) is 6.32. The number of nitrogens with one attached hydrogen (secondary N) is 2. The Morgan fingerprint density at radius 1 is 1.18 bits per heavy atom. The third-order valence-corrected chi connectivity index (χ3v) is 7.17. The number of nitriles is 1. The van der Waals surface area contributed by atoms with Crippen molar-refractivity contribution in [1.82, 2.24) is 24.8 Å². The van der Waals surface area contributed by atoms with Crippen molar-refractivity contribution in [3.05, 3.63) is 69.6 Å². The van der Waals surface area contributed by atoms with E-state index in [9.17, 15) is 5.26 Å². The van der Waals surface area contributed by atoms with Crippen molar-refractivity contribution < 1.29 is 0 Å². The van der Waals surface area contributed by atoms with E-state index in [0.717, 1.165) is 76.8 Å². The van der Waals surface area contributed by atoms with E-state index in [1.54, 1.807) is 23.7 Å². The highest BCUT2D eigenvalue weighted by molar-refractivity contribution is 7.09. The van der Waals surface area contributed by atoms with Gasteiger partial charge in [0.15, 0.2) is 0 Å². The van der Waals surface area contributed by atoms with Gasteiger partial charge >= 0.3 is 0 Å². The summed E-state index contributed by atoms with van der Waals surface area (Å²) in [6, 6.07) is 8.42. The molecule has 1 aliphatic rings. The van der Waals surface area contributed by atoms with Gasteiger partial charge in [0.2, 0.25) is 0 Å². The number of rotatable bonds is 6. The summed E-state index contributed by atoms with van der Waals surface area (Å²) in [6.45, 7) is 7.34. The summed E-state index contributed by atoms with van der Waals surface area (Å²) in [6.07, 6.45) is 9.29. The zero-order valence-electron chi connectivity index (χ0n) is 19.4. The summed E-state index contributed by atoms with van der Waals surface area (Å²) in [5.74, 6) is 0. The van der Waals surface area contributed by atoms with Crippen molar-refractivity contribution >= 4 is 45.8 Å². The summed E-state index contributed by atoms with van der Waals surface area (Å²) in [5, 5.41) is 17.6. The molecule has 5 rings (SSSR count). The Kier molecular flexibility index (Phi) is 6.41. The maximum absolute atomic E-state index is 9.71. The monoisotopic (exact) mass is 469 g/mol. The number of H-pyrrole nitrogens is 1. The van der Waals surface area contributed by atoms with Gasteiger partial charge in [0.25, 0.3) is 0 Å². The van der Waals surface area contributed by atoms with Gasteiger partial charge in [-0.15, -0.1) is 11.3 Å². The number of fused-ring (bicyclic) bond motifs is 1. The quantitative estimate of drug-likeness (QED) is 0.420. The fraction of sp³-hybridized carbons (Fsp3) is 0.269. The molecule has 0 unspecified atom stereocenters. The molecule has 34 heavy (non-hydrogen) atoms. The Hall–Kier alpha value is -3.51. The predicted octanol–water partition coefficient (Wildman–Crippen LogP) is 4.86. The van der Waals surface area contributed by atoms with Crippen molar-refractivity contribution in [2.24, 2.45) is 0 Å². The lowest BCUT2D eigenvalue weighted by Crippen LogP contribution is -2.43. The SMILES string of the molecule is Cc1c(Nc2c(C#N)cncc2/C=C/c2csc(CN3CCN(C)CC3)n2)ccc2[nH]ccc12. The molecular weight excluding hydrogens is 442 g/mol. The highest BCUT2D eigenvalue weighted by Crippen LogP contribution is 2.31. The molecule has 4 aromatic rings. The second-order valence-electron chi connectivity index (χ2n) is 8.64. The molecule has 1 aromatic carbocycles. The zero-order chi connectivity index (χ0) is 23.5. The minimum absolute atomic E-state index is 0.504. The first-order valence-electron chi connectivity index (χ1n) is 11.4. The summed E-state index contributed by atoms with van der Waals surface area (Å²) in [4.78, 5) is 17.1. The van der Waals surface area contributed by atoms with Gasteiger partial charge in [-0.1, -0.05) is 0 Å². The number of thiazole rings is 1. The van der Waals surface area contributed by atoms with Gasteiger partial charge in [0.1, 0.15) is 11.1 Å². The first kappa shape index (κ1) is 22.3. The molecule has 172 valence electrons. The van der Waals surface area contributed by atoms with Crippen molar-refractivity contribution in [2.45, 2.75) is 13.5 Å². The van der Waals surface area contributed by atoms with E-state index in [-0.39, 0.29) is 0 Å². The van der Waals surface area contributed by atoms with Crippen LogP contribution in [0.25, 0.3) is 23.1 Å². The number of aromatic amines is 1. The molecule has 0 spiro atoms. The summed E-state index contributed by atoms with van der Waals surface area (Å²) >= 11 is 1.69. The van der Waals surface area contributed by atoms with Gasteiger partial charge in [0, 0.05) is 72.3 Å². The van der Waals surface area contributed by atoms with E-state index in [0.29, 0.717) is 5.56 Å². The smallest absolute Gasteiger partial charge is 0.107 e. The predicted molar refractivity (Wildman–Crippen MR) is 139 cm³/mol. The van der Waals surface area contributed by atoms with Crippen LogP contribution in [0.1, 0.15) is 27.4 Å². The van der Waals surface area contributed by atoms with Crippen LogP contribution in [0.4, 0.5) is 11.4 Å². The van der Waals surface area contributed by atoms with Crippen LogP contribution >= 0.6 is 11.3 Å². The van der Waals surface area contributed by atoms with Crippen LogP contribution in [0.15, 0.2) is 42.2 Å². The van der Waals surface area contributed by atoms with Crippen molar-refractivity contribution in [2.75, 3.05) is 38.5 Å². The van der Waals surface area contributed by atoms with Gasteiger partial charge in [-0.25, -0.2) is 4.98 Å². The Labute approximate surface area is 203 Å². The van der Waals surface area contributed by atoms with Crippen LogP contribution in [0.5, 0.6) is 0 Å². The van der Waals surface area contributed by atoms with Crippen LogP contribution < -0.4 is 5.32 Å². The van der Waals surface area contributed by atoms with Crippen LogP contribution in [0, 0.1) is 18.3 Å². The van der Waals surface area contributed by atoms with Crippen molar-refractivity contribution in [3.63, 3.8) is 0 Å². The molecule has 3 aromatic heterocycles. The van der Waals surface area contributed by atoms with E-state index < -0.39 is 0 Å². The van der Waals surface area contributed by atoms with Crippen molar-refractivity contribution in [1.29, 1.82) is 5.26 Å². The van der Waals surface area contributed by atoms with E-state index in [4.69, 9.17) is 4.98 Å². The minimum atomic E-state index is 0.504. The zero-order valence-corrected chi connectivity index (χ0v) is 20.2. The maximum atomic E-state index is 9.71. The number of aromatic nitrogens is 3. The maximum Gasteiger partial charge on any atom is 0.107 e. The normalized spacial score (nSPS) is 15.2. The average molecular weight is 470 g/mol. The average Bonchev–Trinajstić information content (AvgIpc) is 3.51. The molecule has 4 heterocycles. The number of benzene rings is 1. The van der Waals surface area contributed by atoms with Crippen LogP contribution in [0.2, 0.25) is 0 Å². The standard InChI is InChI=1S/C26H27N7S/c1-18-22-7-8-29-24(22)6-5-23(18)31-26-19(14-28-15-20(26)13-27)3-4-21-17-34-25(30-21)16-33-11-9-32(2)10-12-33/h3-8,14-15,17,29H,9-12,16H2,1-2H3,(H,28,31)/b4-3+. The van der Waals surface area contributed by atoms with Crippen LogP contribution in [0.3, 0.4) is 0 Å². The second kappa shape index (κ2) is 9.77. The molecule has 8 heteroatoms. The molecule has 0 bridgehead atoms. The number of pyridine rings is 1. The number of nitrogens with zero attached hydrogens (tertiary/aromatic N) is 5. The number of aryl methyl sites for hydroxylation is 1. The molecule has 1 aliphatic heterocycles. The lowest BCUT2D eigenvalue weighted by atomic mass is 10.1. The van der Waals surface area contributed by atoms with Crippen molar-refractivity contribution in [3.8, 4) is 6.07 Å². The molecular formula is C26H27N7S. The fourth-order valence-corrected chi connectivity index (χ4v) is 5.03. The highest BCUT2D eigenvalue weighted by Gasteiger charge is 2.15. The molecule has 0 saturated carbocycles. The molecule has 0 aliphatic carbocycles. The first-order chi connectivity index (χ1) is 16.6. The summed E-state index contributed by atoms with van der Waals surface area (Å²) in [7, 11) is 2.17. The Bertz CT molecular complexity index is 1370. The van der Waals surface area contributed by atoms with Gasteiger partial charge in [-0.2, -0.15) is 5.26 Å². The molecule has 7 nitrogen and oxygen atoms in total. The Morgan fingerprint density at radius 3 is 2.85 bits per heavy atom. The summed E-state index contributed by atoms with van der Waals surface area (Å²) in [5.41, 5.74) is 6.21. The first-order valence-corrected chi connectivity index (χ1v) is 12.2. The topological polar surface area (TPSA) is 83.9 Å². The third kappa shape index (κ3) is 4.73. The van der Waals surface area contributed by atoms with Gasteiger partial charge < -0.3 is 15.2 Å². The number of piperazine rings is 1. The molecule has 2 N–H and O–H groups in total. The van der Waals surface area contributed by atoms with Gasteiger partial charge in [-0.05, 0) is 49.9 Å². The van der Waals surface area contributed by atoms with E-state index >= 15 is 0 Å². The van der Waals surface area contributed by atoms with E-state index in [2.05, 4.69) is 56.6 Å². The molecule has 0 amide bonds. The lowest BCUT2D eigenvalue weighted by Gasteiger charge is -2.31. The number of hydrogen-bond donors (Lipinski definition) is 2. The van der Waals surface area contributed by atoms with Crippen LogP contribution in [-0.2, 0) is 6.54 Å². The van der Waals surface area contributed by atoms with Gasteiger partial charge in [-0.3, -0.25) is 9.88 Å². The number of likely N-dealkylation sites (N-methyl/N-ethyl adjacent to an activating group) is 1. The molecule has 1 fully saturated rings. The largest absolute Gasteiger partial charge is 0.361 e. The van der Waals surface area contributed by atoms with Crippen LogP contribution in [-0.4, -0.2) is 58.0 Å². The molecule has 1 saturated heterocycles.